The average molecular weight is 438 g/mol. The molecule has 3 rings (SSSR count). The standard InChI is InChI=1S/C19H16F2N2O4S2/c1-12-18(28-11-22-12)8-9-27-19(24)13-2-4-14(5-3-13)23-29(25,26)15-6-7-16(20)17(21)10-15/h2-7,10-11,23H,8-9H2,1H3. The van der Waals surface area contributed by atoms with E-state index < -0.39 is 32.5 Å². The Morgan fingerprint density at radius 1 is 1.14 bits per heavy atom. The third-order valence-electron chi connectivity index (χ3n) is 3.98. The minimum Gasteiger partial charge on any atom is -0.462 e. The van der Waals surface area contributed by atoms with E-state index in [2.05, 4.69) is 9.71 Å². The molecule has 29 heavy (non-hydrogen) atoms. The molecule has 1 aromatic heterocycles. The number of aromatic nitrogens is 1. The van der Waals surface area contributed by atoms with Gasteiger partial charge in [0, 0.05) is 17.0 Å². The highest BCUT2D eigenvalue weighted by molar-refractivity contribution is 7.92. The highest BCUT2D eigenvalue weighted by Gasteiger charge is 2.17. The van der Waals surface area contributed by atoms with Crippen LogP contribution in [0.25, 0.3) is 0 Å². The summed E-state index contributed by atoms with van der Waals surface area (Å²) in [5.41, 5.74) is 3.05. The number of nitrogens with zero attached hydrogens (tertiary/aromatic N) is 1. The van der Waals surface area contributed by atoms with Crippen LogP contribution >= 0.6 is 11.3 Å². The first-order valence-corrected chi connectivity index (χ1v) is 10.8. The van der Waals surface area contributed by atoms with Crippen LogP contribution in [0.1, 0.15) is 20.9 Å². The number of sulfonamides is 1. The van der Waals surface area contributed by atoms with Gasteiger partial charge in [0.25, 0.3) is 10.0 Å². The van der Waals surface area contributed by atoms with Crippen LogP contribution in [0.4, 0.5) is 14.5 Å². The Balaban J connectivity index is 1.61. The number of nitrogens with one attached hydrogen (secondary N) is 1. The van der Waals surface area contributed by atoms with Crippen LogP contribution in [-0.4, -0.2) is 26.0 Å². The topological polar surface area (TPSA) is 85.4 Å². The Kier molecular flexibility index (Phi) is 6.23. The van der Waals surface area contributed by atoms with Crippen molar-refractivity contribution in [1.29, 1.82) is 0 Å². The van der Waals surface area contributed by atoms with Gasteiger partial charge in [0.05, 0.1) is 28.3 Å². The normalized spacial score (nSPS) is 11.3. The summed E-state index contributed by atoms with van der Waals surface area (Å²) in [4.78, 5) is 16.8. The molecule has 0 aliphatic rings. The second-order valence-electron chi connectivity index (χ2n) is 6.01. The molecule has 0 saturated carbocycles. The van der Waals surface area contributed by atoms with E-state index in [1.165, 1.54) is 35.6 Å². The summed E-state index contributed by atoms with van der Waals surface area (Å²) in [6.45, 7) is 2.08. The molecule has 10 heteroatoms. The van der Waals surface area contributed by atoms with Gasteiger partial charge in [0.15, 0.2) is 11.6 Å². The molecule has 0 atom stereocenters. The van der Waals surface area contributed by atoms with Gasteiger partial charge in [-0.15, -0.1) is 11.3 Å². The van der Waals surface area contributed by atoms with Crippen LogP contribution in [0.2, 0.25) is 0 Å². The number of hydrogen-bond acceptors (Lipinski definition) is 6. The minimum atomic E-state index is -4.11. The molecule has 3 aromatic rings. The molecule has 0 unspecified atom stereocenters. The van der Waals surface area contributed by atoms with Crippen LogP contribution in [0.3, 0.4) is 0 Å². The predicted molar refractivity (Wildman–Crippen MR) is 104 cm³/mol. The summed E-state index contributed by atoms with van der Waals surface area (Å²) >= 11 is 1.49. The quantitative estimate of drug-likeness (QED) is 0.565. The van der Waals surface area contributed by atoms with Crippen molar-refractivity contribution < 1.29 is 26.7 Å². The number of ether oxygens (including phenoxy) is 1. The Morgan fingerprint density at radius 3 is 2.48 bits per heavy atom. The van der Waals surface area contributed by atoms with E-state index in [0.717, 1.165) is 22.7 Å². The fraction of sp³-hybridized carbons (Fsp3) is 0.158. The van der Waals surface area contributed by atoms with Gasteiger partial charge in [0.2, 0.25) is 0 Å². The number of rotatable bonds is 7. The molecular weight excluding hydrogens is 422 g/mol. The summed E-state index contributed by atoms with van der Waals surface area (Å²) in [5, 5.41) is 0. The van der Waals surface area contributed by atoms with E-state index >= 15 is 0 Å². The van der Waals surface area contributed by atoms with Crippen molar-refractivity contribution >= 4 is 33.0 Å². The first kappa shape index (κ1) is 20.9. The monoisotopic (exact) mass is 438 g/mol. The lowest BCUT2D eigenvalue weighted by atomic mass is 10.2. The van der Waals surface area contributed by atoms with E-state index in [9.17, 15) is 22.0 Å². The van der Waals surface area contributed by atoms with E-state index in [1.807, 2.05) is 6.92 Å². The Bertz CT molecular complexity index is 1130. The molecule has 2 aromatic carbocycles. The van der Waals surface area contributed by atoms with Crippen molar-refractivity contribution in [2.45, 2.75) is 18.2 Å². The second kappa shape index (κ2) is 8.66. The van der Waals surface area contributed by atoms with Crippen LogP contribution in [0, 0.1) is 18.6 Å². The van der Waals surface area contributed by atoms with Gasteiger partial charge in [-0.05, 0) is 49.4 Å². The maximum absolute atomic E-state index is 13.3. The van der Waals surface area contributed by atoms with Gasteiger partial charge in [-0.25, -0.2) is 27.0 Å². The lowest BCUT2D eigenvalue weighted by Crippen LogP contribution is -2.14. The molecule has 0 bridgehead atoms. The summed E-state index contributed by atoms with van der Waals surface area (Å²) in [7, 11) is -4.11. The number of aryl methyl sites for hydroxylation is 1. The number of carbonyl (C=O) groups is 1. The van der Waals surface area contributed by atoms with Gasteiger partial charge in [-0.3, -0.25) is 4.72 Å². The van der Waals surface area contributed by atoms with Gasteiger partial charge in [-0.1, -0.05) is 0 Å². The van der Waals surface area contributed by atoms with Gasteiger partial charge in [-0.2, -0.15) is 0 Å². The third-order valence-corrected chi connectivity index (χ3v) is 6.36. The molecule has 0 saturated heterocycles. The molecule has 1 heterocycles. The van der Waals surface area contributed by atoms with Crippen LogP contribution in [0.15, 0.2) is 52.9 Å². The molecule has 0 fully saturated rings. The first-order valence-electron chi connectivity index (χ1n) is 8.40. The number of hydrogen-bond donors (Lipinski definition) is 1. The summed E-state index contributed by atoms with van der Waals surface area (Å²) < 4.78 is 58.3. The molecule has 0 radical (unpaired) electrons. The van der Waals surface area contributed by atoms with Crippen molar-refractivity contribution in [2.24, 2.45) is 0 Å². The Morgan fingerprint density at radius 2 is 1.86 bits per heavy atom. The van der Waals surface area contributed by atoms with Crippen molar-refractivity contribution in [3.8, 4) is 0 Å². The molecular formula is C19H16F2N2O4S2. The molecule has 0 amide bonds. The minimum absolute atomic E-state index is 0.159. The maximum Gasteiger partial charge on any atom is 0.338 e. The number of esters is 1. The fourth-order valence-electron chi connectivity index (χ4n) is 2.42. The van der Waals surface area contributed by atoms with E-state index in [0.29, 0.717) is 12.5 Å². The number of halogens is 2. The zero-order valence-electron chi connectivity index (χ0n) is 15.2. The van der Waals surface area contributed by atoms with Crippen molar-refractivity contribution in [3.63, 3.8) is 0 Å². The Hall–Kier alpha value is -2.85. The number of carbonyl (C=O) groups excluding carboxylic acids is 1. The third kappa shape index (κ3) is 5.15. The molecule has 1 N–H and O–H groups in total. The molecule has 0 spiro atoms. The van der Waals surface area contributed by atoms with Crippen LogP contribution in [-0.2, 0) is 21.2 Å². The van der Waals surface area contributed by atoms with Crippen molar-refractivity contribution in [3.05, 3.63) is 75.7 Å². The first-order chi connectivity index (χ1) is 13.8. The van der Waals surface area contributed by atoms with Crippen molar-refractivity contribution in [1.82, 2.24) is 4.98 Å². The van der Waals surface area contributed by atoms with E-state index in [-0.39, 0.29) is 17.9 Å². The Labute approximate surface area is 170 Å². The maximum atomic E-state index is 13.3. The predicted octanol–water partition coefficient (Wildman–Crippen LogP) is 3.93. The number of thiazole rings is 1. The molecule has 6 nitrogen and oxygen atoms in total. The van der Waals surface area contributed by atoms with Gasteiger partial charge in [0.1, 0.15) is 0 Å². The lowest BCUT2D eigenvalue weighted by Gasteiger charge is -2.09. The molecule has 0 aliphatic heterocycles. The zero-order valence-corrected chi connectivity index (χ0v) is 16.8. The summed E-state index contributed by atoms with van der Waals surface area (Å²) in [6.07, 6.45) is 0.564. The van der Waals surface area contributed by atoms with E-state index in [4.69, 9.17) is 4.74 Å². The highest BCUT2D eigenvalue weighted by atomic mass is 32.2. The smallest absolute Gasteiger partial charge is 0.338 e. The largest absolute Gasteiger partial charge is 0.462 e. The van der Waals surface area contributed by atoms with E-state index in [1.54, 1.807) is 5.51 Å². The lowest BCUT2D eigenvalue weighted by molar-refractivity contribution is 0.0510. The number of benzene rings is 2. The van der Waals surface area contributed by atoms with Crippen LogP contribution in [0.5, 0.6) is 0 Å². The summed E-state index contributed by atoms with van der Waals surface area (Å²) in [6, 6.07) is 7.85. The summed E-state index contributed by atoms with van der Waals surface area (Å²) in [5.74, 6) is -2.95. The fourth-order valence-corrected chi connectivity index (χ4v) is 4.25. The van der Waals surface area contributed by atoms with Gasteiger partial charge < -0.3 is 4.74 Å². The SMILES string of the molecule is Cc1ncsc1CCOC(=O)c1ccc(NS(=O)(=O)c2ccc(F)c(F)c2)cc1. The number of anilines is 1. The zero-order chi connectivity index (χ0) is 21.0. The van der Waals surface area contributed by atoms with Crippen molar-refractivity contribution in [2.75, 3.05) is 11.3 Å². The molecule has 0 aliphatic carbocycles. The van der Waals surface area contributed by atoms with Crippen LogP contribution < -0.4 is 4.72 Å². The second-order valence-corrected chi connectivity index (χ2v) is 8.63. The molecule has 152 valence electrons. The highest BCUT2D eigenvalue weighted by Crippen LogP contribution is 2.19. The average Bonchev–Trinajstić information content (AvgIpc) is 3.09. The van der Waals surface area contributed by atoms with Gasteiger partial charge >= 0.3 is 5.97 Å².